The van der Waals surface area contributed by atoms with Crippen LogP contribution in [0, 0.1) is 0 Å². The van der Waals surface area contributed by atoms with Gasteiger partial charge in [-0.15, -0.1) is 5.10 Å². The number of carbonyl (C=O) groups excluding carboxylic acids is 2. The summed E-state index contributed by atoms with van der Waals surface area (Å²) in [6.45, 7) is 0.0166. The van der Waals surface area contributed by atoms with Gasteiger partial charge in [-0.2, -0.15) is 0 Å². The van der Waals surface area contributed by atoms with Crippen molar-refractivity contribution in [3.63, 3.8) is 0 Å². The Morgan fingerprint density at radius 2 is 1.79 bits per heavy atom. The fourth-order valence-corrected chi connectivity index (χ4v) is 3.09. The molecule has 1 atom stereocenters. The van der Waals surface area contributed by atoms with Gasteiger partial charge in [0.2, 0.25) is 5.78 Å². The number of ether oxygens (including phenoxy) is 1. The number of esters is 1. The molecule has 2 aromatic carbocycles. The summed E-state index contributed by atoms with van der Waals surface area (Å²) in [5.41, 5.74) is 2.06. The maximum atomic E-state index is 13.1. The number of para-hydroxylation sites is 1. The van der Waals surface area contributed by atoms with Gasteiger partial charge in [0.05, 0.1) is 17.6 Å². The van der Waals surface area contributed by atoms with E-state index in [9.17, 15) is 9.59 Å². The van der Waals surface area contributed by atoms with E-state index in [1.807, 2.05) is 24.3 Å². The van der Waals surface area contributed by atoms with E-state index in [1.54, 1.807) is 22.9 Å². The first kappa shape index (κ1) is 18.8. The molecule has 0 spiro atoms. The summed E-state index contributed by atoms with van der Waals surface area (Å²) in [6.07, 6.45) is 1.85. The van der Waals surface area contributed by atoms with Gasteiger partial charge in [0.1, 0.15) is 5.52 Å². The molecule has 0 radical (unpaired) electrons. The fourth-order valence-electron chi connectivity index (χ4n) is 2.90. The van der Waals surface area contributed by atoms with Gasteiger partial charge in [0.25, 0.3) is 0 Å². The molecular weight excluding hydrogens is 392 g/mol. The van der Waals surface area contributed by atoms with Gasteiger partial charge in [-0.1, -0.05) is 41.1 Å². The number of benzene rings is 2. The first-order chi connectivity index (χ1) is 14.1. The van der Waals surface area contributed by atoms with Crippen LogP contribution in [0.1, 0.15) is 20.7 Å². The minimum Gasteiger partial charge on any atom is -0.448 e. The zero-order valence-corrected chi connectivity index (χ0v) is 15.9. The van der Waals surface area contributed by atoms with Crippen LogP contribution in [0.4, 0.5) is 0 Å². The van der Waals surface area contributed by atoms with Crippen molar-refractivity contribution in [2.75, 3.05) is 0 Å². The Morgan fingerprint density at radius 3 is 2.59 bits per heavy atom. The molecule has 7 nitrogen and oxygen atoms in total. The molecule has 144 valence electrons. The molecule has 4 aromatic rings. The van der Waals surface area contributed by atoms with E-state index in [-0.39, 0.29) is 12.3 Å². The average molecular weight is 407 g/mol. The van der Waals surface area contributed by atoms with Crippen LogP contribution in [0.2, 0.25) is 5.02 Å². The Labute approximate surface area is 170 Å². The monoisotopic (exact) mass is 406 g/mol. The van der Waals surface area contributed by atoms with E-state index in [2.05, 4.69) is 15.3 Å². The van der Waals surface area contributed by atoms with E-state index in [0.29, 0.717) is 21.7 Å². The second kappa shape index (κ2) is 8.20. The lowest BCUT2D eigenvalue weighted by Gasteiger charge is -2.17. The summed E-state index contributed by atoms with van der Waals surface area (Å²) in [5.74, 6) is -1.01. The normalized spacial score (nSPS) is 11.9. The summed E-state index contributed by atoms with van der Waals surface area (Å²) in [5, 5.41) is 8.60. The minimum atomic E-state index is -1.11. The van der Waals surface area contributed by atoms with Crippen LogP contribution in [-0.2, 0) is 11.3 Å². The molecule has 0 aliphatic heterocycles. The van der Waals surface area contributed by atoms with Crippen LogP contribution in [0.3, 0.4) is 0 Å². The number of aromatic nitrogens is 4. The Hall–Kier alpha value is -3.58. The lowest BCUT2D eigenvalue weighted by atomic mass is 10.1. The highest BCUT2D eigenvalue weighted by atomic mass is 35.5. The fraction of sp³-hybridized carbons (Fsp3) is 0.0952. The lowest BCUT2D eigenvalue weighted by Crippen LogP contribution is -2.32. The van der Waals surface area contributed by atoms with Gasteiger partial charge in [0, 0.05) is 23.0 Å². The molecule has 2 heterocycles. The van der Waals surface area contributed by atoms with E-state index in [4.69, 9.17) is 16.3 Å². The molecule has 0 saturated carbocycles. The third-order valence-corrected chi connectivity index (χ3v) is 4.56. The summed E-state index contributed by atoms with van der Waals surface area (Å²) < 4.78 is 7.11. The van der Waals surface area contributed by atoms with Crippen LogP contribution in [0.25, 0.3) is 11.0 Å². The number of fused-ring (bicyclic) bond motifs is 1. The van der Waals surface area contributed by atoms with Gasteiger partial charge in [-0.05, 0) is 36.4 Å². The number of Topliss-reactive ketones (excluding diaryl/α,β-unsaturated/α-hetero) is 1. The quantitative estimate of drug-likeness (QED) is 0.359. The molecule has 0 N–H and O–H groups in total. The molecule has 2 aromatic heterocycles. The van der Waals surface area contributed by atoms with E-state index >= 15 is 0 Å². The van der Waals surface area contributed by atoms with Crippen LogP contribution < -0.4 is 0 Å². The summed E-state index contributed by atoms with van der Waals surface area (Å²) in [7, 11) is 0. The van der Waals surface area contributed by atoms with Crippen LogP contribution in [-0.4, -0.2) is 37.8 Å². The second-order valence-corrected chi connectivity index (χ2v) is 6.70. The smallest absolute Gasteiger partial charge is 0.339 e. The number of hydrogen-bond acceptors (Lipinski definition) is 6. The molecule has 29 heavy (non-hydrogen) atoms. The van der Waals surface area contributed by atoms with Crippen molar-refractivity contribution in [1.29, 1.82) is 0 Å². The molecule has 8 heteroatoms. The third kappa shape index (κ3) is 4.14. The molecular formula is C21H15ClN4O3. The molecule has 0 amide bonds. The zero-order valence-electron chi connectivity index (χ0n) is 15.1. The molecule has 0 aliphatic rings. The SMILES string of the molecule is O=C(OC(Cn1nnc2ccccc21)C(=O)c1cccc(Cl)c1)c1ccncc1. The van der Waals surface area contributed by atoms with Crippen molar-refractivity contribution in [1.82, 2.24) is 20.0 Å². The van der Waals surface area contributed by atoms with Crippen molar-refractivity contribution < 1.29 is 14.3 Å². The highest BCUT2D eigenvalue weighted by Gasteiger charge is 2.27. The molecule has 0 aliphatic carbocycles. The summed E-state index contributed by atoms with van der Waals surface area (Å²) in [6, 6.07) is 16.9. The first-order valence-electron chi connectivity index (χ1n) is 8.81. The Kier molecular flexibility index (Phi) is 5.31. The van der Waals surface area contributed by atoms with Crippen LogP contribution in [0.15, 0.2) is 73.1 Å². The van der Waals surface area contributed by atoms with Crippen molar-refractivity contribution in [3.05, 3.63) is 89.2 Å². The van der Waals surface area contributed by atoms with Crippen LogP contribution >= 0.6 is 11.6 Å². The lowest BCUT2D eigenvalue weighted by molar-refractivity contribution is 0.0244. The standard InChI is InChI=1S/C21H15ClN4O3/c22-16-5-3-4-15(12-16)20(27)19(29-21(28)14-8-10-23-11-9-14)13-26-18-7-2-1-6-17(18)24-25-26/h1-12,19H,13H2. The Balaban J connectivity index is 1.66. The number of nitrogens with zero attached hydrogens (tertiary/aromatic N) is 4. The molecule has 4 rings (SSSR count). The highest BCUT2D eigenvalue weighted by Crippen LogP contribution is 2.17. The van der Waals surface area contributed by atoms with E-state index < -0.39 is 12.1 Å². The van der Waals surface area contributed by atoms with Crippen molar-refractivity contribution in [3.8, 4) is 0 Å². The van der Waals surface area contributed by atoms with Crippen molar-refractivity contribution in [2.45, 2.75) is 12.6 Å². The first-order valence-corrected chi connectivity index (χ1v) is 9.18. The summed E-state index contributed by atoms with van der Waals surface area (Å²) in [4.78, 5) is 29.6. The maximum Gasteiger partial charge on any atom is 0.339 e. The largest absolute Gasteiger partial charge is 0.448 e. The molecule has 0 bridgehead atoms. The number of carbonyl (C=O) groups is 2. The Bertz CT molecular complexity index is 1180. The van der Waals surface area contributed by atoms with Crippen LogP contribution in [0.5, 0.6) is 0 Å². The zero-order chi connectivity index (χ0) is 20.2. The van der Waals surface area contributed by atoms with E-state index in [1.165, 1.54) is 30.6 Å². The van der Waals surface area contributed by atoms with Gasteiger partial charge in [-0.25, -0.2) is 9.48 Å². The highest BCUT2D eigenvalue weighted by molar-refractivity contribution is 6.31. The number of pyridine rings is 1. The number of halogens is 1. The maximum absolute atomic E-state index is 13.1. The molecule has 1 unspecified atom stereocenters. The number of ketones is 1. The van der Waals surface area contributed by atoms with Crippen molar-refractivity contribution in [2.24, 2.45) is 0 Å². The topological polar surface area (TPSA) is 87.0 Å². The van der Waals surface area contributed by atoms with E-state index in [0.717, 1.165) is 5.52 Å². The third-order valence-electron chi connectivity index (χ3n) is 4.33. The van der Waals surface area contributed by atoms with Gasteiger partial charge in [-0.3, -0.25) is 9.78 Å². The second-order valence-electron chi connectivity index (χ2n) is 6.26. The number of hydrogen-bond donors (Lipinski definition) is 0. The van der Waals surface area contributed by atoms with Gasteiger partial charge in [0.15, 0.2) is 6.10 Å². The van der Waals surface area contributed by atoms with Gasteiger partial charge >= 0.3 is 5.97 Å². The Morgan fingerprint density at radius 1 is 1.00 bits per heavy atom. The average Bonchev–Trinajstić information content (AvgIpc) is 3.16. The number of rotatable bonds is 6. The van der Waals surface area contributed by atoms with Gasteiger partial charge < -0.3 is 4.74 Å². The predicted molar refractivity (Wildman–Crippen MR) is 107 cm³/mol. The summed E-state index contributed by atoms with van der Waals surface area (Å²) >= 11 is 6.02. The molecule has 0 fully saturated rings. The van der Waals surface area contributed by atoms with Crippen molar-refractivity contribution >= 4 is 34.4 Å². The molecule has 0 saturated heterocycles. The predicted octanol–water partition coefficient (Wildman–Crippen LogP) is 3.59. The minimum absolute atomic E-state index is 0.0166.